The summed E-state index contributed by atoms with van der Waals surface area (Å²) in [6.07, 6.45) is 5.21. The highest BCUT2D eigenvalue weighted by atomic mass is 32.1. The molecule has 4 rings (SSSR count). The first kappa shape index (κ1) is 17.1. The Morgan fingerprint density at radius 1 is 0.926 bits per heavy atom. The maximum absolute atomic E-state index is 12.1. The van der Waals surface area contributed by atoms with Crippen LogP contribution in [0, 0.1) is 6.92 Å². The summed E-state index contributed by atoms with van der Waals surface area (Å²) in [5.41, 5.74) is 8.10. The number of carbonyl (C=O) groups excluding carboxylic acids is 1. The molecule has 132 valence electrons. The fourth-order valence-corrected chi connectivity index (χ4v) is 3.41. The Hall–Kier alpha value is -3.31. The third-order valence-electron chi connectivity index (χ3n) is 4.34. The van der Waals surface area contributed by atoms with Crippen molar-refractivity contribution < 1.29 is 4.79 Å². The topological polar surface area (TPSA) is 54.9 Å². The van der Waals surface area contributed by atoms with Crippen molar-refractivity contribution >= 4 is 22.9 Å². The van der Waals surface area contributed by atoms with E-state index in [9.17, 15) is 4.79 Å². The van der Waals surface area contributed by atoms with Crippen molar-refractivity contribution in [1.82, 2.24) is 9.97 Å². The van der Waals surface area contributed by atoms with Gasteiger partial charge in [0.25, 0.3) is 5.91 Å². The molecule has 1 amide bonds. The molecule has 0 radical (unpaired) electrons. The van der Waals surface area contributed by atoms with E-state index in [0.717, 1.165) is 27.9 Å². The molecule has 2 heterocycles. The Morgan fingerprint density at radius 3 is 2.44 bits per heavy atom. The summed E-state index contributed by atoms with van der Waals surface area (Å²) in [4.78, 5) is 20.9. The van der Waals surface area contributed by atoms with E-state index >= 15 is 0 Å². The molecule has 0 saturated carbocycles. The van der Waals surface area contributed by atoms with Gasteiger partial charge in [-0.1, -0.05) is 30.3 Å². The van der Waals surface area contributed by atoms with Gasteiger partial charge in [0.05, 0.1) is 11.7 Å². The minimum absolute atomic E-state index is 0.139. The fourth-order valence-electron chi connectivity index (χ4n) is 2.90. The Bertz CT molecular complexity index is 1060. The number of amides is 1. The van der Waals surface area contributed by atoms with Crippen LogP contribution in [0.5, 0.6) is 0 Å². The highest BCUT2D eigenvalue weighted by Gasteiger charge is 2.09. The van der Waals surface area contributed by atoms with Gasteiger partial charge in [-0.25, -0.2) is 0 Å². The lowest BCUT2D eigenvalue weighted by Gasteiger charge is -2.11. The number of carbonyl (C=O) groups is 1. The molecular weight excluding hydrogens is 354 g/mol. The second kappa shape index (κ2) is 7.51. The Morgan fingerprint density at radius 2 is 1.74 bits per heavy atom. The third-order valence-corrected chi connectivity index (χ3v) is 5.11. The second-order valence-corrected chi connectivity index (χ2v) is 7.05. The van der Waals surface area contributed by atoms with Gasteiger partial charge in [-0.3, -0.25) is 14.8 Å². The lowest BCUT2D eigenvalue weighted by Crippen LogP contribution is -2.09. The smallest absolute Gasteiger partial charge is 0.267 e. The Balaban J connectivity index is 1.59. The summed E-state index contributed by atoms with van der Waals surface area (Å²) >= 11 is 1.32. The van der Waals surface area contributed by atoms with Crippen molar-refractivity contribution in [3.8, 4) is 22.3 Å². The summed E-state index contributed by atoms with van der Waals surface area (Å²) in [6, 6.07) is 18.3. The predicted octanol–water partition coefficient (Wildman–Crippen LogP) is 5.43. The van der Waals surface area contributed by atoms with Crippen LogP contribution in [-0.2, 0) is 0 Å². The van der Waals surface area contributed by atoms with E-state index in [4.69, 9.17) is 0 Å². The summed E-state index contributed by atoms with van der Waals surface area (Å²) in [6.45, 7) is 2.10. The molecule has 0 fully saturated rings. The summed E-state index contributed by atoms with van der Waals surface area (Å²) in [7, 11) is 0. The molecule has 1 N–H and O–H groups in total. The zero-order valence-corrected chi connectivity index (χ0v) is 15.5. The summed E-state index contributed by atoms with van der Waals surface area (Å²) in [5.74, 6) is -0.139. The first-order chi connectivity index (χ1) is 13.2. The van der Waals surface area contributed by atoms with E-state index in [1.165, 1.54) is 16.9 Å². The number of anilines is 1. The van der Waals surface area contributed by atoms with Gasteiger partial charge in [0, 0.05) is 23.6 Å². The Kier molecular flexibility index (Phi) is 4.77. The van der Waals surface area contributed by atoms with Gasteiger partial charge in [0.1, 0.15) is 4.88 Å². The Labute approximate surface area is 161 Å². The second-order valence-electron chi connectivity index (χ2n) is 6.17. The quantitative estimate of drug-likeness (QED) is 0.520. The van der Waals surface area contributed by atoms with Crippen LogP contribution < -0.4 is 5.32 Å². The third kappa shape index (κ3) is 3.78. The van der Waals surface area contributed by atoms with Crippen molar-refractivity contribution in [3.05, 3.63) is 89.1 Å². The number of nitrogens with zero attached hydrogens (tertiary/aromatic N) is 2. The van der Waals surface area contributed by atoms with Gasteiger partial charge in [-0.05, 0) is 53.4 Å². The number of benzene rings is 2. The maximum Gasteiger partial charge on any atom is 0.267 e. The molecular formula is C22H17N3OS. The number of rotatable bonds is 4. The number of aromatic nitrogens is 2. The van der Waals surface area contributed by atoms with Crippen molar-refractivity contribution in [2.75, 3.05) is 5.32 Å². The SMILES string of the molecule is Cc1ccc(-c2cccnc2)cc1-c1ccc(NC(=O)c2cncs2)cc1. The number of hydrogen-bond acceptors (Lipinski definition) is 4. The van der Waals surface area contributed by atoms with E-state index in [1.54, 1.807) is 17.9 Å². The summed E-state index contributed by atoms with van der Waals surface area (Å²) in [5, 5.41) is 2.90. The zero-order chi connectivity index (χ0) is 18.6. The highest BCUT2D eigenvalue weighted by molar-refractivity contribution is 7.11. The largest absolute Gasteiger partial charge is 0.321 e. The van der Waals surface area contributed by atoms with Crippen LogP contribution >= 0.6 is 11.3 Å². The van der Waals surface area contributed by atoms with Crippen LogP contribution in [0.25, 0.3) is 22.3 Å². The molecule has 2 aromatic heterocycles. The van der Waals surface area contributed by atoms with Gasteiger partial charge in [0.15, 0.2) is 0 Å². The monoisotopic (exact) mass is 371 g/mol. The first-order valence-electron chi connectivity index (χ1n) is 8.52. The zero-order valence-electron chi connectivity index (χ0n) is 14.7. The molecule has 0 spiro atoms. The highest BCUT2D eigenvalue weighted by Crippen LogP contribution is 2.30. The van der Waals surface area contributed by atoms with Crippen molar-refractivity contribution in [2.45, 2.75) is 6.92 Å². The van der Waals surface area contributed by atoms with E-state index in [1.807, 2.05) is 36.5 Å². The molecule has 0 aliphatic carbocycles. The van der Waals surface area contributed by atoms with E-state index in [-0.39, 0.29) is 5.91 Å². The molecule has 0 aliphatic rings. The standard InChI is InChI=1S/C22H17N3OS/c1-15-4-5-17(18-3-2-10-23-12-18)11-20(15)16-6-8-19(9-7-16)25-22(26)21-13-24-14-27-21/h2-14H,1H3,(H,25,26). The van der Waals surface area contributed by atoms with Crippen LogP contribution in [0.1, 0.15) is 15.2 Å². The van der Waals surface area contributed by atoms with Crippen molar-refractivity contribution in [2.24, 2.45) is 0 Å². The van der Waals surface area contributed by atoms with Gasteiger partial charge in [0.2, 0.25) is 0 Å². The van der Waals surface area contributed by atoms with Crippen LogP contribution in [0.2, 0.25) is 0 Å². The number of pyridine rings is 1. The lowest BCUT2D eigenvalue weighted by atomic mass is 9.96. The molecule has 2 aromatic carbocycles. The van der Waals surface area contributed by atoms with Gasteiger partial charge < -0.3 is 5.32 Å². The fraction of sp³-hybridized carbons (Fsp3) is 0.0455. The predicted molar refractivity (Wildman–Crippen MR) is 110 cm³/mol. The van der Waals surface area contributed by atoms with Crippen molar-refractivity contribution in [1.29, 1.82) is 0 Å². The van der Waals surface area contributed by atoms with Gasteiger partial charge in [-0.2, -0.15) is 0 Å². The molecule has 4 aromatic rings. The molecule has 0 unspecified atom stereocenters. The lowest BCUT2D eigenvalue weighted by molar-refractivity contribution is 0.103. The number of aryl methyl sites for hydroxylation is 1. The first-order valence-corrected chi connectivity index (χ1v) is 9.40. The number of nitrogens with one attached hydrogen (secondary N) is 1. The minimum Gasteiger partial charge on any atom is -0.321 e. The van der Waals surface area contributed by atoms with Crippen LogP contribution in [0.15, 0.2) is 78.7 Å². The van der Waals surface area contributed by atoms with Crippen molar-refractivity contribution in [3.63, 3.8) is 0 Å². The van der Waals surface area contributed by atoms with E-state index in [2.05, 4.69) is 46.5 Å². The van der Waals surface area contributed by atoms with E-state index in [0.29, 0.717) is 4.88 Å². The number of thiazole rings is 1. The molecule has 0 saturated heterocycles. The molecule has 0 bridgehead atoms. The van der Waals surface area contributed by atoms with E-state index < -0.39 is 0 Å². The minimum atomic E-state index is -0.139. The number of hydrogen-bond donors (Lipinski definition) is 1. The molecule has 0 aliphatic heterocycles. The summed E-state index contributed by atoms with van der Waals surface area (Å²) < 4.78 is 0. The molecule has 4 nitrogen and oxygen atoms in total. The molecule has 0 atom stereocenters. The van der Waals surface area contributed by atoms with Crippen LogP contribution in [-0.4, -0.2) is 15.9 Å². The maximum atomic E-state index is 12.1. The van der Waals surface area contributed by atoms with Gasteiger partial charge >= 0.3 is 0 Å². The average Bonchev–Trinajstić information content (AvgIpc) is 3.25. The molecule has 5 heteroatoms. The molecule has 27 heavy (non-hydrogen) atoms. The average molecular weight is 371 g/mol. The van der Waals surface area contributed by atoms with Gasteiger partial charge in [-0.15, -0.1) is 11.3 Å². The normalized spacial score (nSPS) is 10.6. The van der Waals surface area contributed by atoms with Crippen LogP contribution in [0.4, 0.5) is 5.69 Å². The van der Waals surface area contributed by atoms with Crippen LogP contribution in [0.3, 0.4) is 0 Å².